The second-order valence-corrected chi connectivity index (χ2v) is 6.92. The normalized spacial score (nSPS) is 13.4. The summed E-state index contributed by atoms with van der Waals surface area (Å²) in [5.74, 6) is -0.0246. The lowest BCUT2D eigenvalue weighted by molar-refractivity contribution is -0.121. The van der Waals surface area contributed by atoms with Gasteiger partial charge in [-0.05, 0) is 61.9 Å². The number of rotatable bonds is 6. The quantitative estimate of drug-likeness (QED) is 0.820. The molecule has 0 atom stereocenters. The maximum absolute atomic E-state index is 12.4. The van der Waals surface area contributed by atoms with Gasteiger partial charge >= 0.3 is 0 Å². The molecule has 0 fully saturated rings. The van der Waals surface area contributed by atoms with Gasteiger partial charge in [-0.1, -0.05) is 12.1 Å². The summed E-state index contributed by atoms with van der Waals surface area (Å²) in [7, 11) is 1.98. The Labute approximate surface area is 149 Å². The third kappa shape index (κ3) is 4.19. The Morgan fingerprint density at radius 2 is 1.80 bits per heavy atom. The predicted molar refractivity (Wildman–Crippen MR) is 98.6 cm³/mol. The molecule has 1 aliphatic rings. The van der Waals surface area contributed by atoms with Gasteiger partial charge in [0.15, 0.2) is 5.78 Å². The van der Waals surface area contributed by atoms with Crippen LogP contribution in [0.5, 0.6) is 0 Å². The van der Waals surface area contributed by atoms with Crippen molar-refractivity contribution in [2.24, 2.45) is 7.05 Å². The molecule has 4 heteroatoms. The topological polar surface area (TPSA) is 51.1 Å². The Hall–Kier alpha value is -2.36. The van der Waals surface area contributed by atoms with Gasteiger partial charge in [-0.2, -0.15) is 0 Å². The molecule has 0 bridgehead atoms. The van der Waals surface area contributed by atoms with E-state index in [9.17, 15) is 9.59 Å². The minimum atomic E-state index is -0.0786. The van der Waals surface area contributed by atoms with Crippen molar-refractivity contribution in [1.82, 2.24) is 9.88 Å². The molecule has 0 saturated carbocycles. The van der Waals surface area contributed by atoms with Crippen molar-refractivity contribution in [2.45, 2.75) is 52.0 Å². The van der Waals surface area contributed by atoms with Gasteiger partial charge in [0.25, 0.3) is 0 Å². The molecule has 1 amide bonds. The average Bonchev–Trinajstić information content (AvgIpc) is 2.96. The van der Waals surface area contributed by atoms with Crippen molar-refractivity contribution in [3.05, 3.63) is 58.4 Å². The Kier molecular flexibility index (Phi) is 5.37. The van der Waals surface area contributed by atoms with E-state index in [0.717, 1.165) is 29.8 Å². The Balaban J connectivity index is 1.50. The first-order valence-electron chi connectivity index (χ1n) is 9.07. The van der Waals surface area contributed by atoms with Crippen molar-refractivity contribution in [1.29, 1.82) is 0 Å². The lowest BCUT2D eigenvalue weighted by atomic mass is 9.89. The van der Waals surface area contributed by atoms with Crippen LogP contribution in [0.1, 0.15) is 58.6 Å². The molecular formula is C21H26N2O2. The number of benzene rings is 1. The highest BCUT2D eigenvalue weighted by Gasteiger charge is 2.14. The lowest BCUT2D eigenvalue weighted by Crippen LogP contribution is -2.24. The fourth-order valence-electron chi connectivity index (χ4n) is 3.40. The molecule has 3 rings (SSSR count). The highest BCUT2D eigenvalue weighted by molar-refractivity contribution is 5.98. The number of aryl methyl sites for hydroxylation is 3. The Morgan fingerprint density at radius 3 is 2.52 bits per heavy atom. The van der Waals surface area contributed by atoms with E-state index in [0.29, 0.717) is 6.54 Å². The van der Waals surface area contributed by atoms with Crippen molar-refractivity contribution < 1.29 is 9.59 Å². The largest absolute Gasteiger partial charge is 0.351 e. The standard InChI is InChI=1S/C21H26N2O2/c1-15-7-10-19(23(15)2)14-22-21(25)12-11-20(24)18-9-8-16-5-3-4-6-17(16)13-18/h7-10,13H,3-6,11-12,14H2,1-2H3,(H,22,25). The van der Waals surface area contributed by atoms with Gasteiger partial charge in [0, 0.05) is 36.8 Å². The molecule has 1 N–H and O–H groups in total. The number of aromatic nitrogens is 1. The fraction of sp³-hybridized carbons (Fsp3) is 0.429. The lowest BCUT2D eigenvalue weighted by Gasteiger charge is -2.16. The minimum absolute atomic E-state index is 0.0539. The summed E-state index contributed by atoms with van der Waals surface area (Å²) in [6.07, 6.45) is 5.11. The van der Waals surface area contributed by atoms with Crippen LogP contribution >= 0.6 is 0 Å². The van der Waals surface area contributed by atoms with Crippen LogP contribution in [0.15, 0.2) is 30.3 Å². The van der Waals surface area contributed by atoms with Crippen LogP contribution < -0.4 is 5.32 Å². The molecule has 4 nitrogen and oxygen atoms in total. The fourth-order valence-corrected chi connectivity index (χ4v) is 3.40. The first kappa shape index (κ1) is 17.5. The van der Waals surface area contributed by atoms with Gasteiger partial charge in [0.2, 0.25) is 5.91 Å². The average molecular weight is 338 g/mol. The molecule has 0 unspecified atom stereocenters. The number of ketones is 1. The molecule has 0 radical (unpaired) electrons. The van der Waals surface area contributed by atoms with Crippen LogP contribution in [0.3, 0.4) is 0 Å². The molecule has 1 heterocycles. The highest BCUT2D eigenvalue weighted by atomic mass is 16.2. The van der Waals surface area contributed by atoms with Crippen molar-refractivity contribution in [3.8, 4) is 0 Å². The summed E-state index contributed by atoms with van der Waals surface area (Å²) in [6, 6.07) is 10.1. The van der Waals surface area contributed by atoms with Gasteiger partial charge in [-0.3, -0.25) is 9.59 Å². The maximum Gasteiger partial charge on any atom is 0.220 e. The van der Waals surface area contributed by atoms with Gasteiger partial charge < -0.3 is 9.88 Å². The molecule has 0 saturated heterocycles. The van der Waals surface area contributed by atoms with Gasteiger partial charge in [0.05, 0.1) is 6.54 Å². The first-order chi connectivity index (χ1) is 12.0. The summed E-state index contributed by atoms with van der Waals surface area (Å²) in [4.78, 5) is 24.4. The third-order valence-electron chi connectivity index (χ3n) is 5.19. The number of carbonyl (C=O) groups is 2. The predicted octanol–water partition coefficient (Wildman–Crippen LogP) is 3.49. The molecule has 25 heavy (non-hydrogen) atoms. The minimum Gasteiger partial charge on any atom is -0.351 e. The smallest absolute Gasteiger partial charge is 0.220 e. The molecule has 1 aromatic heterocycles. The number of hydrogen-bond donors (Lipinski definition) is 1. The van der Waals surface area contributed by atoms with Crippen molar-refractivity contribution >= 4 is 11.7 Å². The molecule has 0 aliphatic heterocycles. The molecule has 0 spiro atoms. The van der Waals surface area contributed by atoms with E-state index in [-0.39, 0.29) is 24.5 Å². The van der Waals surface area contributed by atoms with Crippen LogP contribution in [-0.4, -0.2) is 16.3 Å². The zero-order valence-corrected chi connectivity index (χ0v) is 15.1. The summed E-state index contributed by atoms with van der Waals surface area (Å²) < 4.78 is 2.05. The summed E-state index contributed by atoms with van der Waals surface area (Å²) >= 11 is 0. The van der Waals surface area contributed by atoms with E-state index in [1.54, 1.807) is 0 Å². The number of carbonyl (C=O) groups excluding carboxylic acids is 2. The van der Waals surface area contributed by atoms with Crippen molar-refractivity contribution in [3.63, 3.8) is 0 Å². The molecular weight excluding hydrogens is 312 g/mol. The number of fused-ring (bicyclic) bond motifs is 1. The number of Topliss-reactive ketones (excluding diaryl/α,β-unsaturated/α-hetero) is 1. The Bertz CT molecular complexity index is 789. The van der Waals surface area contributed by atoms with E-state index in [1.807, 2.05) is 38.2 Å². The molecule has 2 aromatic rings. The number of hydrogen-bond acceptors (Lipinski definition) is 2. The molecule has 1 aromatic carbocycles. The van der Waals surface area contributed by atoms with Crippen molar-refractivity contribution in [2.75, 3.05) is 0 Å². The van der Waals surface area contributed by atoms with Crippen LogP contribution in [-0.2, 0) is 31.2 Å². The van der Waals surface area contributed by atoms with Gasteiger partial charge in [0.1, 0.15) is 0 Å². The van der Waals surface area contributed by atoms with Crippen LogP contribution in [0.25, 0.3) is 0 Å². The monoisotopic (exact) mass is 338 g/mol. The van der Waals surface area contributed by atoms with E-state index in [4.69, 9.17) is 0 Å². The second-order valence-electron chi connectivity index (χ2n) is 6.92. The van der Waals surface area contributed by atoms with Gasteiger partial charge in [-0.15, -0.1) is 0 Å². The second kappa shape index (κ2) is 7.68. The maximum atomic E-state index is 12.4. The third-order valence-corrected chi connectivity index (χ3v) is 5.19. The Morgan fingerprint density at radius 1 is 1.04 bits per heavy atom. The van der Waals surface area contributed by atoms with Crippen LogP contribution in [0.2, 0.25) is 0 Å². The molecule has 1 aliphatic carbocycles. The van der Waals surface area contributed by atoms with Crippen LogP contribution in [0, 0.1) is 6.92 Å². The number of nitrogens with zero attached hydrogens (tertiary/aromatic N) is 1. The van der Waals surface area contributed by atoms with E-state index >= 15 is 0 Å². The number of nitrogens with one attached hydrogen (secondary N) is 1. The number of amides is 1. The summed E-state index contributed by atoms with van der Waals surface area (Å²) in [6.45, 7) is 2.53. The summed E-state index contributed by atoms with van der Waals surface area (Å²) in [5, 5.41) is 2.90. The zero-order valence-electron chi connectivity index (χ0n) is 15.1. The highest BCUT2D eigenvalue weighted by Crippen LogP contribution is 2.23. The zero-order chi connectivity index (χ0) is 17.8. The van der Waals surface area contributed by atoms with Gasteiger partial charge in [-0.25, -0.2) is 0 Å². The SMILES string of the molecule is Cc1ccc(CNC(=O)CCC(=O)c2ccc3c(c2)CCCC3)n1C. The molecule has 132 valence electrons. The summed E-state index contributed by atoms with van der Waals surface area (Å²) in [5.41, 5.74) is 5.64. The first-order valence-corrected chi connectivity index (χ1v) is 9.07. The van der Waals surface area contributed by atoms with E-state index in [2.05, 4.69) is 16.0 Å². The van der Waals surface area contributed by atoms with E-state index < -0.39 is 0 Å². The van der Waals surface area contributed by atoms with Crippen LogP contribution in [0.4, 0.5) is 0 Å². The van der Waals surface area contributed by atoms with E-state index in [1.165, 1.54) is 24.0 Å².